The maximum atomic E-state index is 11.6. The molecular weight excluding hydrogens is 340 g/mol. The monoisotopic (exact) mass is 372 g/mol. The molecule has 0 aromatic carbocycles. The molecule has 6 heteroatoms. The second kappa shape index (κ2) is 8.23. The second-order valence-electron chi connectivity index (χ2n) is 8.53. The van der Waals surface area contributed by atoms with Gasteiger partial charge in [-0.15, -0.1) is 0 Å². The molecule has 6 nitrogen and oxygen atoms in total. The average Bonchev–Trinajstić information content (AvgIpc) is 2.70. The highest BCUT2D eigenvalue weighted by molar-refractivity contribution is 5.73. The molecule has 3 fully saturated rings. The third-order valence-electron chi connectivity index (χ3n) is 6.55. The van der Waals surface area contributed by atoms with E-state index in [1.54, 1.807) is 6.92 Å². The molecular formula is C21H32N4O2. The van der Waals surface area contributed by atoms with Gasteiger partial charge >= 0.3 is 0 Å². The van der Waals surface area contributed by atoms with Crippen LogP contribution in [0, 0.1) is 0 Å². The van der Waals surface area contributed by atoms with Crippen LogP contribution in [0.25, 0.3) is 0 Å². The Labute approximate surface area is 162 Å². The molecule has 148 valence electrons. The first-order valence-electron chi connectivity index (χ1n) is 10.6. The van der Waals surface area contributed by atoms with E-state index in [-0.39, 0.29) is 11.5 Å². The molecule has 0 bridgehead atoms. The normalized spacial score (nSPS) is 24.3. The lowest BCUT2D eigenvalue weighted by atomic mass is 9.88. The first-order chi connectivity index (χ1) is 13.1. The van der Waals surface area contributed by atoms with Gasteiger partial charge in [-0.25, -0.2) is 9.97 Å². The summed E-state index contributed by atoms with van der Waals surface area (Å²) in [7, 11) is 0. The Kier molecular flexibility index (Phi) is 5.74. The summed E-state index contributed by atoms with van der Waals surface area (Å²) in [5.41, 5.74) is 1.10. The molecule has 1 aromatic rings. The molecule has 3 heterocycles. The van der Waals surface area contributed by atoms with Crippen molar-refractivity contribution < 1.29 is 9.53 Å². The van der Waals surface area contributed by atoms with E-state index in [0.717, 1.165) is 58.0 Å². The van der Waals surface area contributed by atoms with Crippen LogP contribution in [-0.2, 0) is 16.1 Å². The zero-order valence-electron chi connectivity index (χ0n) is 16.5. The van der Waals surface area contributed by atoms with Crippen LogP contribution in [0.4, 0.5) is 0 Å². The van der Waals surface area contributed by atoms with Crippen molar-refractivity contribution in [3.8, 4) is 0 Å². The molecule has 1 aliphatic carbocycles. The Morgan fingerprint density at radius 2 is 1.85 bits per heavy atom. The van der Waals surface area contributed by atoms with Crippen LogP contribution >= 0.6 is 0 Å². The van der Waals surface area contributed by atoms with E-state index < -0.39 is 0 Å². The first-order valence-corrected chi connectivity index (χ1v) is 10.6. The Hall–Kier alpha value is -1.53. The number of rotatable bonds is 3. The van der Waals surface area contributed by atoms with Crippen molar-refractivity contribution in [1.29, 1.82) is 0 Å². The number of piperidine rings is 1. The lowest BCUT2D eigenvalue weighted by Crippen LogP contribution is -2.57. The van der Waals surface area contributed by atoms with E-state index in [0.29, 0.717) is 5.92 Å². The van der Waals surface area contributed by atoms with Crippen molar-refractivity contribution in [2.75, 3.05) is 32.8 Å². The highest BCUT2D eigenvalue weighted by Crippen LogP contribution is 2.32. The molecule has 4 rings (SSSR count). The highest BCUT2D eigenvalue weighted by atomic mass is 16.5. The van der Waals surface area contributed by atoms with E-state index in [2.05, 4.69) is 14.9 Å². The molecule has 0 N–H and O–H groups in total. The van der Waals surface area contributed by atoms with Crippen molar-refractivity contribution in [2.45, 2.75) is 69.9 Å². The maximum Gasteiger partial charge on any atom is 0.219 e. The average molecular weight is 373 g/mol. The van der Waals surface area contributed by atoms with Gasteiger partial charge in [-0.2, -0.15) is 0 Å². The number of amides is 1. The molecule has 0 atom stereocenters. The van der Waals surface area contributed by atoms with Crippen LogP contribution in [-0.4, -0.2) is 64.1 Å². The van der Waals surface area contributed by atoms with E-state index in [1.165, 1.54) is 37.7 Å². The highest BCUT2D eigenvalue weighted by Gasteiger charge is 2.40. The van der Waals surface area contributed by atoms with E-state index in [4.69, 9.17) is 4.74 Å². The molecule has 3 aliphatic rings. The van der Waals surface area contributed by atoms with Gasteiger partial charge in [0.1, 0.15) is 5.82 Å². The zero-order chi connectivity index (χ0) is 18.7. The molecule has 1 saturated carbocycles. The molecule has 1 aromatic heterocycles. The number of nitrogens with zero attached hydrogens (tertiary/aromatic N) is 4. The summed E-state index contributed by atoms with van der Waals surface area (Å²) < 4.78 is 6.19. The van der Waals surface area contributed by atoms with Gasteiger partial charge in [0.2, 0.25) is 5.91 Å². The molecule has 1 spiro atoms. The van der Waals surface area contributed by atoms with Crippen LogP contribution in [0.5, 0.6) is 0 Å². The van der Waals surface area contributed by atoms with Gasteiger partial charge in [0.05, 0.1) is 12.2 Å². The predicted molar refractivity (Wildman–Crippen MR) is 103 cm³/mol. The van der Waals surface area contributed by atoms with Gasteiger partial charge in [0.25, 0.3) is 0 Å². The summed E-state index contributed by atoms with van der Waals surface area (Å²) >= 11 is 0. The van der Waals surface area contributed by atoms with Crippen molar-refractivity contribution in [1.82, 2.24) is 19.8 Å². The SMILES string of the molecule is CC(=O)N1CCC2(CC1)CN(Cc1cnc(C3CCCCC3)nc1)CCO2. The Bertz CT molecular complexity index is 634. The Morgan fingerprint density at radius 3 is 2.52 bits per heavy atom. The van der Waals surface area contributed by atoms with Gasteiger partial charge in [0.15, 0.2) is 0 Å². The first kappa shape index (κ1) is 18.8. The van der Waals surface area contributed by atoms with Gasteiger partial charge in [-0.3, -0.25) is 9.69 Å². The third-order valence-corrected chi connectivity index (χ3v) is 6.55. The largest absolute Gasteiger partial charge is 0.372 e. The van der Waals surface area contributed by atoms with Crippen LogP contribution < -0.4 is 0 Å². The molecule has 2 saturated heterocycles. The van der Waals surface area contributed by atoms with Crippen LogP contribution in [0.1, 0.15) is 69.2 Å². The van der Waals surface area contributed by atoms with Crippen LogP contribution in [0.15, 0.2) is 12.4 Å². The van der Waals surface area contributed by atoms with E-state index >= 15 is 0 Å². The Morgan fingerprint density at radius 1 is 1.15 bits per heavy atom. The van der Waals surface area contributed by atoms with Crippen molar-refractivity contribution in [3.63, 3.8) is 0 Å². The standard InChI is InChI=1S/C21H32N4O2/c1-17(26)25-9-7-21(8-10-25)16-24(11-12-27-21)15-18-13-22-20(23-14-18)19-5-3-2-4-6-19/h13-14,19H,2-12,15-16H2,1H3. The van der Waals surface area contributed by atoms with Gasteiger partial charge in [-0.05, 0) is 25.7 Å². The summed E-state index contributed by atoms with van der Waals surface area (Å²) in [4.78, 5) is 25.4. The minimum absolute atomic E-state index is 0.0902. The summed E-state index contributed by atoms with van der Waals surface area (Å²) in [6.07, 6.45) is 12.4. The van der Waals surface area contributed by atoms with Crippen molar-refractivity contribution in [2.24, 2.45) is 0 Å². The third kappa shape index (κ3) is 4.49. The zero-order valence-corrected chi connectivity index (χ0v) is 16.5. The topological polar surface area (TPSA) is 58.6 Å². The lowest BCUT2D eigenvalue weighted by molar-refractivity contribution is -0.149. The summed E-state index contributed by atoms with van der Waals surface area (Å²) in [5.74, 6) is 1.77. The minimum atomic E-state index is -0.0902. The van der Waals surface area contributed by atoms with Crippen molar-refractivity contribution >= 4 is 5.91 Å². The number of morpholine rings is 1. The quantitative estimate of drug-likeness (QED) is 0.816. The Balaban J connectivity index is 1.33. The number of hydrogen-bond donors (Lipinski definition) is 0. The molecule has 27 heavy (non-hydrogen) atoms. The lowest BCUT2D eigenvalue weighted by Gasteiger charge is -2.47. The summed E-state index contributed by atoms with van der Waals surface area (Å²) in [6.45, 7) is 6.80. The van der Waals surface area contributed by atoms with Crippen LogP contribution in [0.3, 0.4) is 0 Å². The van der Waals surface area contributed by atoms with E-state index in [1.807, 2.05) is 17.3 Å². The minimum Gasteiger partial charge on any atom is -0.372 e. The molecule has 0 radical (unpaired) electrons. The van der Waals surface area contributed by atoms with Gasteiger partial charge < -0.3 is 9.64 Å². The summed E-state index contributed by atoms with van der Waals surface area (Å²) in [6, 6.07) is 0. The number of carbonyl (C=O) groups is 1. The number of hydrogen-bond acceptors (Lipinski definition) is 5. The van der Waals surface area contributed by atoms with Crippen molar-refractivity contribution in [3.05, 3.63) is 23.8 Å². The fourth-order valence-electron chi connectivity index (χ4n) is 4.87. The maximum absolute atomic E-state index is 11.6. The number of ether oxygens (including phenoxy) is 1. The fraction of sp³-hybridized carbons (Fsp3) is 0.762. The predicted octanol–water partition coefficient (Wildman–Crippen LogP) is 2.74. The smallest absolute Gasteiger partial charge is 0.219 e. The number of aromatic nitrogens is 2. The molecule has 1 amide bonds. The van der Waals surface area contributed by atoms with Gasteiger partial charge in [0, 0.05) is 63.5 Å². The second-order valence-corrected chi connectivity index (χ2v) is 8.53. The number of carbonyl (C=O) groups excluding carboxylic acids is 1. The summed E-state index contributed by atoms with van der Waals surface area (Å²) in [5, 5.41) is 0. The molecule has 0 unspecified atom stereocenters. The van der Waals surface area contributed by atoms with Crippen LogP contribution in [0.2, 0.25) is 0 Å². The fourth-order valence-corrected chi connectivity index (χ4v) is 4.87. The van der Waals surface area contributed by atoms with E-state index in [9.17, 15) is 4.79 Å². The van der Waals surface area contributed by atoms with Gasteiger partial charge in [-0.1, -0.05) is 19.3 Å². The molecule has 2 aliphatic heterocycles. The number of likely N-dealkylation sites (tertiary alicyclic amines) is 1.